The number of methoxy groups -OCH3 is 2. The van der Waals surface area contributed by atoms with E-state index in [9.17, 15) is 4.79 Å². The summed E-state index contributed by atoms with van der Waals surface area (Å²) in [5.41, 5.74) is 2.84. The number of nitrogens with one attached hydrogen (secondary N) is 1. The van der Waals surface area contributed by atoms with Crippen LogP contribution in [0.5, 0.6) is 11.5 Å². The standard InChI is InChI=1S/C31H41ClN4O3S/c1-23-7-4-5-16-36(23)17-6-15-33-31(37)27-22-40-30(34-27)21-35(20-25-8-11-26(32)12-9-25)18-14-24-10-13-28(38-2)29(19-24)39-3/h8-13,19,22-23H,4-7,14-18,20-21H2,1-3H3,(H,33,37). The molecule has 1 atom stereocenters. The summed E-state index contributed by atoms with van der Waals surface area (Å²) in [6, 6.07) is 14.6. The first-order valence-corrected chi connectivity index (χ1v) is 15.3. The van der Waals surface area contributed by atoms with Gasteiger partial charge in [-0.05, 0) is 74.5 Å². The van der Waals surface area contributed by atoms with Crippen LogP contribution in [0.4, 0.5) is 0 Å². The van der Waals surface area contributed by atoms with Gasteiger partial charge in [-0.15, -0.1) is 11.3 Å². The zero-order chi connectivity index (χ0) is 28.3. The van der Waals surface area contributed by atoms with Crippen LogP contribution in [0.2, 0.25) is 5.02 Å². The van der Waals surface area contributed by atoms with Gasteiger partial charge in [-0.25, -0.2) is 4.98 Å². The molecule has 0 radical (unpaired) electrons. The molecule has 1 unspecified atom stereocenters. The van der Waals surface area contributed by atoms with Crippen molar-refractivity contribution in [2.75, 3.05) is 40.4 Å². The second kappa shape index (κ2) is 15.4. The molecule has 2 heterocycles. The minimum absolute atomic E-state index is 0.0937. The molecule has 7 nitrogen and oxygen atoms in total. The van der Waals surface area contributed by atoms with Crippen LogP contribution in [-0.2, 0) is 19.5 Å². The fourth-order valence-corrected chi connectivity index (χ4v) is 6.07. The molecule has 40 heavy (non-hydrogen) atoms. The molecule has 216 valence electrons. The molecule has 3 aromatic rings. The van der Waals surface area contributed by atoms with Crippen molar-refractivity contribution in [1.29, 1.82) is 0 Å². The first kappa shape index (κ1) is 30.3. The van der Waals surface area contributed by atoms with Crippen LogP contribution in [0.3, 0.4) is 0 Å². The van der Waals surface area contributed by atoms with Gasteiger partial charge < -0.3 is 19.7 Å². The van der Waals surface area contributed by atoms with E-state index in [1.807, 2.05) is 29.6 Å². The van der Waals surface area contributed by atoms with Crippen molar-refractivity contribution in [2.45, 2.75) is 58.2 Å². The first-order valence-electron chi connectivity index (χ1n) is 14.1. The summed E-state index contributed by atoms with van der Waals surface area (Å²) in [5.74, 6) is 1.35. The van der Waals surface area contributed by atoms with Crippen molar-refractivity contribution >= 4 is 28.8 Å². The number of piperidine rings is 1. The summed E-state index contributed by atoms with van der Waals surface area (Å²) in [5, 5.41) is 6.58. The lowest BCUT2D eigenvalue weighted by molar-refractivity contribution is 0.0944. The summed E-state index contributed by atoms with van der Waals surface area (Å²) in [7, 11) is 3.30. The van der Waals surface area contributed by atoms with Crippen LogP contribution in [0.1, 0.15) is 59.2 Å². The number of likely N-dealkylation sites (tertiary alicyclic amines) is 1. The SMILES string of the molecule is COc1ccc(CCN(Cc2ccc(Cl)cc2)Cc2nc(C(=O)NCCCN3CCCCC3C)cs2)cc1OC. The lowest BCUT2D eigenvalue weighted by Gasteiger charge is -2.33. The Morgan fingerprint density at radius 3 is 2.62 bits per heavy atom. The van der Waals surface area contributed by atoms with E-state index in [0.717, 1.165) is 59.6 Å². The van der Waals surface area contributed by atoms with Gasteiger partial charge in [-0.3, -0.25) is 9.69 Å². The van der Waals surface area contributed by atoms with Gasteiger partial charge in [0.15, 0.2) is 11.5 Å². The summed E-state index contributed by atoms with van der Waals surface area (Å²) >= 11 is 7.65. The molecule has 0 saturated carbocycles. The second-order valence-electron chi connectivity index (χ2n) is 10.4. The number of hydrogen-bond donors (Lipinski definition) is 1. The molecule has 1 fully saturated rings. The maximum Gasteiger partial charge on any atom is 0.270 e. The van der Waals surface area contributed by atoms with Crippen molar-refractivity contribution in [2.24, 2.45) is 0 Å². The molecule has 1 saturated heterocycles. The van der Waals surface area contributed by atoms with Crippen molar-refractivity contribution < 1.29 is 14.3 Å². The minimum Gasteiger partial charge on any atom is -0.493 e. The normalized spacial score (nSPS) is 15.8. The van der Waals surface area contributed by atoms with Crippen LogP contribution in [0.15, 0.2) is 47.8 Å². The number of halogens is 1. The van der Waals surface area contributed by atoms with Crippen molar-refractivity contribution in [3.05, 3.63) is 74.7 Å². The number of ether oxygens (including phenoxy) is 2. The Bertz CT molecular complexity index is 1220. The van der Waals surface area contributed by atoms with Gasteiger partial charge in [-0.2, -0.15) is 0 Å². The van der Waals surface area contributed by atoms with E-state index >= 15 is 0 Å². The maximum absolute atomic E-state index is 12.8. The predicted octanol–water partition coefficient (Wildman–Crippen LogP) is 6.05. The van der Waals surface area contributed by atoms with E-state index < -0.39 is 0 Å². The third kappa shape index (κ3) is 8.93. The highest BCUT2D eigenvalue weighted by molar-refractivity contribution is 7.09. The van der Waals surface area contributed by atoms with E-state index in [-0.39, 0.29) is 5.91 Å². The van der Waals surface area contributed by atoms with Crippen LogP contribution in [-0.4, -0.2) is 67.1 Å². The monoisotopic (exact) mass is 584 g/mol. The number of carbonyl (C=O) groups is 1. The first-order chi connectivity index (χ1) is 19.4. The number of amides is 1. The number of benzene rings is 2. The average Bonchev–Trinajstić information content (AvgIpc) is 3.44. The predicted molar refractivity (Wildman–Crippen MR) is 163 cm³/mol. The molecule has 1 aliphatic rings. The molecule has 1 aromatic heterocycles. The van der Waals surface area contributed by atoms with Crippen LogP contribution in [0, 0.1) is 0 Å². The van der Waals surface area contributed by atoms with E-state index in [0.29, 0.717) is 24.8 Å². The Labute approximate surface area is 247 Å². The number of hydrogen-bond acceptors (Lipinski definition) is 7. The molecule has 1 aliphatic heterocycles. The third-order valence-electron chi connectivity index (χ3n) is 7.48. The molecule has 0 spiro atoms. The fourth-order valence-electron chi connectivity index (χ4n) is 5.13. The van der Waals surface area contributed by atoms with Gasteiger partial charge >= 0.3 is 0 Å². The van der Waals surface area contributed by atoms with Gasteiger partial charge in [0.1, 0.15) is 10.7 Å². The highest BCUT2D eigenvalue weighted by Gasteiger charge is 2.18. The van der Waals surface area contributed by atoms with Crippen molar-refractivity contribution in [3.63, 3.8) is 0 Å². The maximum atomic E-state index is 12.8. The molecule has 1 amide bonds. The van der Waals surface area contributed by atoms with Gasteiger partial charge in [0, 0.05) is 42.6 Å². The number of thiazole rings is 1. The van der Waals surface area contributed by atoms with Gasteiger partial charge in [0.2, 0.25) is 0 Å². The summed E-state index contributed by atoms with van der Waals surface area (Å²) in [6.45, 7) is 7.39. The van der Waals surface area contributed by atoms with Gasteiger partial charge in [0.25, 0.3) is 5.91 Å². The number of rotatable bonds is 14. The summed E-state index contributed by atoms with van der Waals surface area (Å²) in [4.78, 5) is 22.3. The number of carbonyl (C=O) groups excluding carboxylic acids is 1. The Balaban J connectivity index is 1.34. The van der Waals surface area contributed by atoms with Crippen LogP contribution >= 0.6 is 22.9 Å². The molecule has 2 aromatic carbocycles. The third-order valence-corrected chi connectivity index (χ3v) is 8.56. The van der Waals surface area contributed by atoms with E-state index in [2.05, 4.69) is 45.2 Å². The van der Waals surface area contributed by atoms with Crippen LogP contribution in [0.25, 0.3) is 0 Å². The molecule has 9 heteroatoms. The Kier molecular flexibility index (Phi) is 11.7. The Morgan fingerprint density at radius 1 is 1.10 bits per heavy atom. The zero-order valence-electron chi connectivity index (χ0n) is 23.8. The smallest absolute Gasteiger partial charge is 0.270 e. The zero-order valence-corrected chi connectivity index (χ0v) is 25.4. The van der Waals surface area contributed by atoms with Gasteiger partial charge in [0.05, 0.1) is 20.8 Å². The number of nitrogens with zero attached hydrogens (tertiary/aromatic N) is 3. The molecular formula is C31H41ClN4O3S. The topological polar surface area (TPSA) is 66.9 Å². The van der Waals surface area contributed by atoms with Crippen molar-refractivity contribution in [3.8, 4) is 11.5 Å². The van der Waals surface area contributed by atoms with Crippen LogP contribution < -0.4 is 14.8 Å². The van der Waals surface area contributed by atoms with E-state index in [1.165, 1.54) is 42.7 Å². The lowest BCUT2D eigenvalue weighted by atomic mass is 10.0. The van der Waals surface area contributed by atoms with E-state index in [4.69, 9.17) is 21.1 Å². The molecular weight excluding hydrogens is 544 g/mol. The average molecular weight is 585 g/mol. The second-order valence-corrected chi connectivity index (χ2v) is 11.8. The molecule has 1 N–H and O–H groups in total. The summed E-state index contributed by atoms with van der Waals surface area (Å²) in [6.07, 6.45) is 5.67. The quantitative estimate of drug-likeness (QED) is 0.233. The van der Waals surface area contributed by atoms with Crippen molar-refractivity contribution in [1.82, 2.24) is 20.1 Å². The number of aromatic nitrogens is 1. The Morgan fingerprint density at radius 2 is 1.88 bits per heavy atom. The highest BCUT2D eigenvalue weighted by Crippen LogP contribution is 2.28. The fraction of sp³-hybridized carbons (Fsp3) is 0.484. The lowest BCUT2D eigenvalue weighted by Crippen LogP contribution is -2.39. The largest absolute Gasteiger partial charge is 0.493 e. The highest BCUT2D eigenvalue weighted by atomic mass is 35.5. The van der Waals surface area contributed by atoms with E-state index in [1.54, 1.807) is 14.2 Å². The molecule has 4 rings (SSSR count). The molecule has 0 aliphatic carbocycles. The minimum atomic E-state index is -0.0937. The molecule has 0 bridgehead atoms. The summed E-state index contributed by atoms with van der Waals surface area (Å²) < 4.78 is 10.9. The van der Waals surface area contributed by atoms with Gasteiger partial charge in [-0.1, -0.05) is 36.2 Å². The Hall–Kier alpha value is -2.65.